The second kappa shape index (κ2) is 13.1. The maximum Gasteiger partial charge on any atom is 0.321 e. The Labute approximate surface area is 261 Å². The highest BCUT2D eigenvalue weighted by atomic mass is 16.5. The van der Waals surface area contributed by atoms with E-state index in [1.54, 1.807) is 42.5 Å². The summed E-state index contributed by atoms with van der Waals surface area (Å²) in [6.07, 6.45) is -1.31. The molecule has 1 aliphatic heterocycles. The molecule has 1 aliphatic rings. The number of amides is 3. The van der Waals surface area contributed by atoms with Crippen molar-refractivity contribution in [3.63, 3.8) is 0 Å². The van der Waals surface area contributed by atoms with Crippen LogP contribution in [0.3, 0.4) is 0 Å². The van der Waals surface area contributed by atoms with Crippen molar-refractivity contribution in [1.82, 2.24) is 5.32 Å². The van der Waals surface area contributed by atoms with Crippen LogP contribution < -0.4 is 20.3 Å². The van der Waals surface area contributed by atoms with Gasteiger partial charge in [0.15, 0.2) is 5.78 Å². The summed E-state index contributed by atoms with van der Waals surface area (Å²) in [6, 6.07) is 39.7. The van der Waals surface area contributed by atoms with Crippen LogP contribution in [0.25, 0.3) is 0 Å². The second-order valence-corrected chi connectivity index (χ2v) is 10.5. The van der Waals surface area contributed by atoms with Crippen LogP contribution in [0.15, 0.2) is 138 Å². The van der Waals surface area contributed by atoms with E-state index in [-0.39, 0.29) is 12.3 Å². The lowest BCUT2D eigenvalue weighted by atomic mass is 9.99. The average molecular weight is 595 g/mol. The summed E-state index contributed by atoms with van der Waals surface area (Å²) in [6.45, 7) is 1.64. The number of nitrogens with one attached hydrogen (secondary N) is 2. The first-order valence-corrected chi connectivity index (χ1v) is 14.5. The van der Waals surface area contributed by atoms with Crippen LogP contribution in [0.4, 0.5) is 16.2 Å². The highest BCUT2D eigenvalue weighted by Crippen LogP contribution is 2.29. The van der Waals surface area contributed by atoms with Gasteiger partial charge in [-0.15, -0.1) is 0 Å². The smallest absolute Gasteiger partial charge is 0.321 e. The number of ketones is 1. The van der Waals surface area contributed by atoms with Crippen LogP contribution in [-0.2, 0) is 4.79 Å². The Balaban J connectivity index is 1.28. The lowest BCUT2D eigenvalue weighted by Crippen LogP contribution is -2.50. The van der Waals surface area contributed by atoms with Crippen molar-refractivity contribution in [2.45, 2.75) is 13.1 Å². The van der Waals surface area contributed by atoms with Crippen molar-refractivity contribution in [3.8, 4) is 11.5 Å². The molecule has 0 saturated carbocycles. The molecule has 0 bridgehead atoms. The molecule has 1 atom stereocenters. The van der Waals surface area contributed by atoms with Crippen LogP contribution in [0.2, 0.25) is 0 Å². The van der Waals surface area contributed by atoms with E-state index in [0.29, 0.717) is 39.7 Å². The number of hydrogen-bond acceptors (Lipinski definition) is 5. The number of anilines is 2. The predicted octanol–water partition coefficient (Wildman–Crippen LogP) is 7.00. The number of aliphatic imine (C=N–C) groups is 1. The molecule has 8 nitrogen and oxygen atoms in total. The molecule has 2 N–H and O–H groups in total. The Morgan fingerprint density at radius 3 is 2.11 bits per heavy atom. The molecule has 8 heteroatoms. The summed E-state index contributed by atoms with van der Waals surface area (Å²) >= 11 is 0. The third kappa shape index (κ3) is 6.65. The summed E-state index contributed by atoms with van der Waals surface area (Å²) in [5.41, 5.74) is 4.34. The number of urea groups is 1. The van der Waals surface area contributed by atoms with Gasteiger partial charge in [0.1, 0.15) is 11.5 Å². The van der Waals surface area contributed by atoms with Crippen molar-refractivity contribution in [2.75, 3.05) is 16.8 Å². The van der Waals surface area contributed by atoms with E-state index >= 15 is 0 Å². The summed E-state index contributed by atoms with van der Waals surface area (Å²) in [4.78, 5) is 47.1. The van der Waals surface area contributed by atoms with Crippen LogP contribution in [0, 0.1) is 6.92 Å². The minimum atomic E-state index is -1.31. The van der Waals surface area contributed by atoms with E-state index in [4.69, 9.17) is 9.73 Å². The number of nitrogens with zero attached hydrogens (tertiary/aromatic N) is 2. The molecule has 0 saturated heterocycles. The molecule has 0 aromatic heterocycles. The molecule has 0 radical (unpaired) electrons. The van der Waals surface area contributed by atoms with Crippen LogP contribution >= 0.6 is 0 Å². The minimum Gasteiger partial charge on any atom is -0.457 e. The van der Waals surface area contributed by atoms with Crippen molar-refractivity contribution in [1.29, 1.82) is 0 Å². The zero-order chi connectivity index (χ0) is 31.2. The van der Waals surface area contributed by atoms with Gasteiger partial charge >= 0.3 is 6.03 Å². The van der Waals surface area contributed by atoms with Gasteiger partial charge in [-0.2, -0.15) is 0 Å². The van der Waals surface area contributed by atoms with E-state index in [2.05, 4.69) is 10.6 Å². The zero-order valence-corrected chi connectivity index (χ0v) is 24.5. The molecular weight excluding hydrogens is 564 g/mol. The number of carbonyl (C=O) groups is 3. The lowest BCUT2D eigenvalue weighted by molar-refractivity contribution is -0.120. The van der Waals surface area contributed by atoms with Gasteiger partial charge in [0, 0.05) is 22.4 Å². The number of hydrogen-bond donors (Lipinski definition) is 2. The summed E-state index contributed by atoms with van der Waals surface area (Å²) < 4.78 is 5.83. The van der Waals surface area contributed by atoms with E-state index in [0.717, 1.165) is 11.1 Å². The largest absolute Gasteiger partial charge is 0.457 e. The van der Waals surface area contributed by atoms with Gasteiger partial charge in [-0.3, -0.25) is 9.59 Å². The standard InChI is InChI=1S/C37H30N4O4/c1-25-12-8-9-17-30(25)33(42)24-41-32-19-11-10-18-31(32)34(26-13-4-2-5-14-26)39-35(36(41)43)40-37(44)38-27-20-22-29(23-21-27)45-28-15-6-3-7-16-28/h2-23,35H,24H2,1H3,(H2,38,40,44). The van der Waals surface area contributed by atoms with Gasteiger partial charge in [0.2, 0.25) is 6.17 Å². The van der Waals surface area contributed by atoms with Crippen molar-refractivity contribution in [3.05, 3.63) is 156 Å². The number of benzodiazepines with no additional fused rings is 1. The Hall–Kier alpha value is -6.02. The Bertz CT molecular complexity index is 1870. The van der Waals surface area contributed by atoms with Gasteiger partial charge in [-0.25, -0.2) is 9.79 Å². The lowest BCUT2D eigenvalue weighted by Gasteiger charge is -2.25. The third-order valence-electron chi connectivity index (χ3n) is 7.36. The highest BCUT2D eigenvalue weighted by Gasteiger charge is 2.34. The van der Waals surface area contributed by atoms with Gasteiger partial charge < -0.3 is 20.3 Å². The van der Waals surface area contributed by atoms with E-state index in [1.165, 1.54) is 4.90 Å². The molecule has 3 amide bonds. The topological polar surface area (TPSA) is 100 Å². The Morgan fingerprint density at radius 2 is 1.38 bits per heavy atom. The molecule has 5 aromatic carbocycles. The monoisotopic (exact) mass is 594 g/mol. The van der Waals surface area contributed by atoms with Crippen molar-refractivity contribution >= 4 is 34.8 Å². The molecule has 0 fully saturated rings. The number of ether oxygens (including phenoxy) is 1. The maximum absolute atomic E-state index is 14.2. The molecule has 6 rings (SSSR count). The van der Waals surface area contributed by atoms with Crippen LogP contribution in [-0.4, -0.2) is 36.1 Å². The summed E-state index contributed by atoms with van der Waals surface area (Å²) in [5.74, 6) is 0.550. The number of para-hydroxylation sites is 2. The minimum absolute atomic E-state index is 0.221. The Morgan fingerprint density at radius 1 is 0.756 bits per heavy atom. The van der Waals surface area contributed by atoms with Crippen molar-refractivity contribution in [2.24, 2.45) is 4.99 Å². The first-order valence-electron chi connectivity index (χ1n) is 14.5. The van der Waals surface area contributed by atoms with Crippen LogP contribution in [0.1, 0.15) is 27.0 Å². The second-order valence-electron chi connectivity index (χ2n) is 10.5. The fourth-order valence-corrected chi connectivity index (χ4v) is 5.15. The number of benzene rings is 5. The quantitative estimate of drug-likeness (QED) is 0.189. The summed E-state index contributed by atoms with van der Waals surface area (Å²) in [5, 5.41) is 5.50. The predicted molar refractivity (Wildman–Crippen MR) is 175 cm³/mol. The molecule has 5 aromatic rings. The number of rotatable bonds is 8. The van der Waals surface area contributed by atoms with E-state index in [9.17, 15) is 14.4 Å². The van der Waals surface area contributed by atoms with Gasteiger partial charge in [0.25, 0.3) is 5.91 Å². The number of Topliss-reactive ketones (excluding diaryl/α,β-unsaturated/α-hetero) is 1. The van der Waals surface area contributed by atoms with Gasteiger partial charge in [-0.05, 0) is 55.0 Å². The van der Waals surface area contributed by atoms with Crippen molar-refractivity contribution < 1.29 is 19.1 Å². The first kappa shape index (κ1) is 29.1. The first-order chi connectivity index (χ1) is 22.0. The molecular formula is C37H30N4O4. The molecule has 222 valence electrons. The fraction of sp³-hybridized carbons (Fsp3) is 0.0811. The SMILES string of the molecule is Cc1ccccc1C(=O)CN1C(=O)C(NC(=O)Nc2ccc(Oc3ccccc3)cc2)N=C(c2ccccc2)c2ccccc21. The Kier molecular flexibility index (Phi) is 8.46. The zero-order valence-electron chi connectivity index (χ0n) is 24.5. The maximum atomic E-state index is 14.2. The van der Waals surface area contributed by atoms with Gasteiger partial charge in [0.05, 0.1) is 17.9 Å². The molecule has 45 heavy (non-hydrogen) atoms. The number of aryl methyl sites for hydroxylation is 1. The van der Waals surface area contributed by atoms with E-state index < -0.39 is 18.1 Å². The average Bonchev–Trinajstić information content (AvgIpc) is 3.17. The highest BCUT2D eigenvalue weighted by molar-refractivity contribution is 6.21. The van der Waals surface area contributed by atoms with Gasteiger partial charge in [-0.1, -0.05) is 91.0 Å². The molecule has 1 heterocycles. The third-order valence-corrected chi connectivity index (χ3v) is 7.36. The normalized spacial score (nSPS) is 14.1. The van der Waals surface area contributed by atoms with Crippen LogP contribution in [0.5, 0.6) is 11.5 Å². The number of fused-ring (bicyclic) bond motifs is 1. The molecule has 0 aliphatic carbocycles. The number of carbonyl (C=O) groups excluding carboxylic acids is 3. The summed E-state index contributed by atoms with van der Waals surface area (Å²) in [7, 11) is 0. The fourth-order valence-electron chi connectivity index (χ4n) is 5.15. The molecule has 0 spiro atoms. The molecule has 1 unspecified atom stereocenters. The van der Waals surface area contributed by atoms with E-state index in [1.807, 2.05) is 97.9 Å².